The van der Waals surface area contributed by atoms with E-state index in [1.165, 1.54) is 12.1 Å². The number of thiocarbonyl (C=S) groups is 1. The number of amides is 1. The summed E-state index contributed by atoms with van der Waals surface area (Å²) in [5, 5.41) is 6.88. The molecule has 1 aliphatic rings. The summed E-state index contributed by atoms with van der Waals surface area (Å²) in [6.45, 7) is 4.62. The molecule has 0 radical (unpaired) electrons. The molecule has 194 valence electrons. The van der Waals surface area contributed by atoms with Crippen LogP contribution in [0.25, 0.3) is 5.69 Å². The number of hydrogen-bond acceptors (Lipinski definition) is 3. The van der Waals surface area contributed by atoms with E-state index in [1.54, 1.807) is 18.3 Å². The Morgan fingerprint density at radius 3 is 2.53 bits per heavy atom. The number of aromatic nitrogens is 2. The Labute approximate surface area is 235 Å². The number of benzene rings is 2. The second-order valence-corrected chi connectivity index (χ2v) is 10.6. The molecule has 1 saturated heterocycles. The third-order valence-corrected chi connectivity index (χ3v) is 7.66. The Hall–Kier alpha value is -3.56. The highest BCUT2D eigenvalue weighted by Gasteiger charge is 2.41. The molecule has 0 spiro atoms. The number of carbonyl (C=O) groups is 1. The first-order valence-corrected chi connectivity index (χ1v) is 13.5. The molecule has 9 heteroatoms. The van der Waals surface area contributed by atoms with Crippen LogP contribution in [0.5, 0.6) is 0 Å². The van der Waals surface area contributed by atoms with Gasteiger partial charge in [-0.3, -0.25) is 9.78 Å². The predicted octanol–water partition coefficient (Wildman–Crippen LogP) is 6.39. The first kappa shape index (κ1) is 26.1. The lowest BCUT2D eigenvalue weighted by molar-refractivity contribution is -0.116. The topological polar surface area (TPSA) is 62.2 Å². The maximum atomic E-state index is 13.2. The number of carbonyl (C=O) groups excluding carboxylic acids is 1. The van der Waals surface area contributed by atoms with Crippen molar-refractivity contribution in [2.45, 2.75) is 32.4 Å². The monoisotopic (exact) mass is 591 g/mol. The fourth-order valence-corrected chi connectivity index (χ4v) is 5.63. The SMILES string of the molecule is Cc1cc([C@H]2[C@H](c3ccccn3)NC(=S)N2CCC(=O)Nc2ccc(F)cc2)c(C)n1-c1ccc(Br)cc1. The number of aryl methyl sites for hydroxylation is 1. The van der Waals surface area contributed by atoms with Crippen LogP contribution in [0, 0.1) is 19.7 Å². The molecule has 3 heterocycles. The van der Waals surface area contributed by atoms with Crippen LogP contribution < -0.4 is 10.6 Å². The number of nitrogens with one attached hydrogen (secondary N) is 2. The Balaban J connectivity index is 1.46. The lowest BCUT2D eigenvalue weighted by Crippen LogP contribution is -2.32. The molecule has 0 saturated carbocycles. The fourth-order valence-electron chi connectivity index (χ4n) is 5.04. The molecule has 1 fully saturated rings. The van der Waals surface area contributed by atoms with Crippen LogP contribution in [0.3, 0.4) is 0 Å². The van der Waals surface area contributed by atoms with Crippen LogP contribution in [-0.4, -0.2) is 32.0 Å². The number of pyridine rings is 1. The van der Waals surface area contributed by atoms with Gasteiger partial charge in [-0.25, -0.2) is 4.39 Å². The molecule has 4 aromatic rings. The van der Waals surface area contributed by atoms with Gasteiger partial charge in [-0.15, -0.1) is 0 Å². The molecule has 2 aromatic heterocycles. The molecular weight excluding hydrogens is 565 g/mol. The average molecular weight is 593 g/mol. The summed E-state index contributed by atoms with van der Waals surface area (Å²) in [6.07, 6.45) is 2.00. The standard InChI is InChI=1S/C29H27BrFN5OS/c1-18-17-24(19(2)36(18)23-12-6-20(30)7-13-23)28-27(25-5-3-4-15-32-25)34-29(38)35(28)16-14-26(37)33-22-10-8-21(31)9-11-22/h3-13,15,17,27-28H,14,16H2,1-2H3,(H,33,37)(H,34,38)/t27-,28-/m0/s1. The summed E-state index contributed by atoms with van der Waals surface area (Å²) in [5.74, 6) is -0.514. The molecule has 0 unspecified atom stereocenters. The minimum atomic E-state index is -0.347. The molecule has 2 N–H and O–H groups in total. The third kappa shape index (κ3) is 5.35. The normalized spacial score (nSPS) is 16.9. The third-order valence-electron chi connectivity index (χ3n) is 6.78. The molecule has 1 aliphatic heterocycles. The molecule has 2 atom stereocenters. The van der Waals surface area contributed by atoms with E-state index < -0.39 is 0 Å². The van der Waals surface area contributed by atoms with Crippen LogP contribution in [0.1, 0.15) is 41.1 Å². The maximum Gasteiger partial charge on any atom is 0.226 e. The summed E-state index contributed by atoms with van der Waals surface area (Å²) in [5.41, 5.74) is 5.83. The zero-order valence-corrected chi connectivity index (χ0v) is 23.4. The molecule has 1 amide bonds. The number of anilines is 1. The second-order valence-electron chi connectivity index (χ2n) is 9.26. The van der Waals surface area contributed by atoms with E-state index in [-0.39, 0.29) is 30.2 Å². The van der Waals surface area contributed by atoms with E-state index in [0.29, 0.717) is 17.3 Å². The van der Waals surface area contributed by atoms with Gasteiger partial charge in [0.15, 0.2) is 5.11 Å². The van der Waals surface area contributed by atoms with E-state index >= 15 is 0 Å². The van der Waals surface area contributed by atoms with E-state index in [2.05, 4.69) is 73.1 Å². The Kier molecular flexibility index (Phi) is 7.58. The minimum absolute atomic E-state index is 0.161. The second kappa shape index (κ2) is 11.0. The molecule has 0 aliphatic carbocycles. The lowest BCUT2D eigenvalue weighted by Gasteiger charge is -2.28. The Morgan fingerprint density at radius 2 is 1.84 bits per heavy atom. The van der Waals surface area contributed by atoms with Crippen LogP contribution in [-0.2, 0) is 4.79 Å². The molecule has 0 bridgehead atoms. The zero-order chi connectivity index (χ0) is 26.8. The smallest absolute Gasteiger partial charge is 0.226 e. The van der Waals surface area contributed by atoms with Crippen LogP contribution in [0.4, 0.5) is 10.1 Å². The van der Waals surface area contributed by atoms with Gasteiger partial charge in [0.1, 0.15) is 5.82 Å². The number of hydrogen-bond donors (Lipinski definition) is 2. The number of halogens is 2. The minimum Gasteiger partial charge on any atom is -0.352 e. The molecule has 5 rings (SSSR count). The van der Waals surface area contributed by atoms with Crippen molar-refractivity contribution in [3.63, 3.8) is 0 Å². The summed E-state index contributed by atoms with van der Waals surface area (Å²) >= 11 is 9.30. The van der Waals surface area contributed by atoms with Gasteiger partial charge in [0, 0.05) is 46.4 Å². The van der Waals surface area contributed by atoms with Crippen molar-refractivity contribution in [3.05, 3.63) is 112 Å². The van der Waals surface area contributed by atoms with Gasteiger partial charge in [-0.05, 0) is 98.4 Å². The highest BCUT2D eigenvalue weighted by Crippen LogP contribution is 2.41. The molecule has 38 heavy (non-hydrogen) atoms. The van der Waals surface area contributed by atoms with Crippen molar-refractivity contribution in [2.75, 3.05) is 11.9 Å². The highest BCUT2D eigenvalue weighted by atomic mass is 79.9. The van der Waals surface area contributed by atoms with Crippen LogP contribution in [0.15, 0.2) is 83.5 Å². The zero-order valence-electron chi connectivity index (χ0n) is 21.0. The quantitative estimate of drug-likeness (QED) is 0.244. The van der Waals surface area contributed by atoms with Crippen LogP contribution >= 0.6 is 28.1 Å². The summed E-state index contributed by atoms with van der Waals surface area (Å²) in [6, 6.07) is 21.7. The van der Waals surface area contributed by atoms with Gasteiger partial charge in [-0.2, -0.15) is 0 Å². The van der Waals surface area contributed by atoms with E-state index in [9.17, 15) is 9.18 Å². The number of nitrogens with zero attached hydrogens (tertiary/aromatic N) is 3. The van der Waals surface area contributed by atoms with Crippen molar-refractivity contribution < 1.29 is 9.18 Å². The fraction of sp³-hybridized carbons (Fsp3) is 0.207. The van der Waals surface area contributed by atoms with Crippen molar-refractivity contribution in [1.82, 2.24) is 19.8 Å². The summed E-state index contributed by atoms with van der Waals surface area (Å²) in [4.78, 5) is 19.5. The summed E-state index contributed by atoms with van der Waals surface area (Å²) in [7, 11) is 0. The lowest BCUT2D eigenvalue weighted by atomic mass is 9.96. The first-order valence-electron chi connectivity index (χ1n) is 12.3. The largest absolute Gasteiger partial charge is 0.352 e. The average Bonchev–Trinajstić information content (AvgIpc) is 3.39. The van der Waals surface area contributed by atoms with Gasteiger partial charge < -0.3 is 20.1 Å². The molecule has 2 aromatic carbocycles. The van der Waals surface area contributed by atoms with Gasteiger partial charge in [0.05, 0.1) is 17.8 Å². The van der Waals surface area contributed by atoms with Gasteiger partial charge in [0.25, 0.3) is 0 Å². The Bertz CT molecular complexity index is 1460. The summed E-state index contributed by atoms with van der Waals surface area (Å²) < 4.78 is 16.5. The maximum absolute atomic E-state index is 13.2. The predicted molar refractivity (Wildman–Crippen MR) is 155 cm³/mol. The van der Waals surface area contributed by atoms with Crippen molar-refractivity contribution in [2.24, 2.45) is 0 Å². The van der Waals surface area contributed by atoms with Crippen molar-refractivity contribution >= 4 is 44.9 Å². The van der Waals surface area contributed by atoms with Crippen LogP contribution in [0.2, 0.25) is 0 Å². The van der Waals surface area contributed by atoms with E-state index in [0.717, 1.165) is 32.8 Å². The Morgan fingerprint density at radius 1 is 1.11 bits per heavy atom. The molecule has 6 nitrogen and oxygen atoms in total. The van der Waals surface area contributed by atoms with E-state index in [1.807, 2.05) is 30.3 Å². The number of rotatable bonds is 7. The molecular formula is C29H27BrFN5OS. The first-order chi connectivity index (χ1) is 18.3. The van der Waals surface area contributed by atoms with Gasteiger partial charge in [-0.1, -0.05) is 22.0 Å². The van der Waals surface area contributed by atoms with E-state index in [4.69, 9.17) is 12.2 Å². The van der Waals surface area contributed by atoms with Crippen molar-refractivity contribution in [3.8, 4) is 5.69 Å². The van der Waals surface area contributed by atoms with Gasteiger partial charge in [0.2, 0.25) is 5.91 Å². The van der Waals surface area contributed by atoms with Crippen molar-refractivity contribution in [1.29, 1.82) is 0 Å². The highest BCUT2D eigenvalue weighted by molar-refractivity contribution is 9.10. The van der Waals surface area contributed by atoms with Gasteiger partial charge >= 0.3 is 0 Å².